The van der Waals surface area contributed by atoms with Crippen LogP contribution in [0.15, 0.2) is 48.5 Å². The van der Waals surface area contributed by atoms with Crippen LogP contribution in [0.1, 0.15) is 41.3 Å². The van der Waals surface area contributed by atoms with Crippen molar-refractivity contribution in [3.8, 4) is 5.75 Å². The molecule has 1 fully saturated rings. The number of Topliss-reactive ketones (excluding diaryl/α,β-unsaturated/α-hetero) is 1. The van der Waals surface area contributed by atoms with Crippen molar-refractivity contribution >= 4 is 17.7 Å². The number of rotatable bonds is 6. The van der Waals surface area contributed by atoms with Crippen LogP contribution in [0.2, 0.25) is 0 Å². The zero-order valence-corrected chi connectivity index (χ0v) is 15.7. The Kier molecular flexibility index (Phi) is 4.63. The molecule has 0 bridgehead atoms. The quantitative estimate of drug-likeness (QED) is 0.619. The van der Waals surface area contributed by atoms with Crippen LogP contribution in [0.4, 0.5) is 4.79 Å². The Hall–Kier alpha value is -3.15. The Balaban J connectivity index is 1.59. The molecule has 0 radical (unpaired) electrons. The maximum Gasteiger partial charge on any atom is 0.325 e. The number of carbonyl (C=O) groups excluding carboxylic acids is 3. The number of hydrogen-bond donors (Lipinski definition) is 1. The summed E-state index contributed by atoms with van der Waals surface area (Å²) in [6, 6.07) is 13.9. The summed E-state index contributed by atoms with van der Waals surface area (Å²) < 4.78 is 5.46. The number of nitrogens with one attached hydrogen (secondary N) is 1. The minimum atomic E-state index is -1.11. The minimum absolute atomic E-state index is 0.265. The molecule has 1 saturated heterocycles. The molecular formula is C22H22N2O4. The lowest BCUT2D eigenvalue weighted by Crippen LogP contribution is -2.44. The molecule has 0 aromatic heterocycles. The molecule has 28 heavy (non-hydrogen) atoms. The van der Waals surface area contributed by atoms with E-state index in [2.05, 4.69) is 5.32 Å². The predicted molar refractivity (Wildman–Crippen MR) is 103 cm³/mol. The molecule has 0 unspecified atom stereocenters. The molecule has 2 aromatic carbocycles. The van der Waals surface area contributed by atoms with Crippen LogP contribution in [-0.4, -0.2) is 35.8 Å². The van der Waals surface area contributed by atoms with E-state index < -0.39 is 11.6 Å². The van der Waals surface area contributed by atoms with Crippen molar-refractivity contribution in [2.45, 2.75) is 31.7 Å². The van der Waals surface area contributed by atoms with E-state index in [1.807, 2.05) is 37.3 Å². The highest BCUT2D eigenvalue weighted by Crippen LogP contribution is 2.34. The molecule has 0 spiro atoms. The van der Waals surface area contributed by atoms with Gasteiger partial charge in [-0.2, -0.15) is 0 Å². The second-order valence-electron chi connectivity index (χ2n) is 7.19. The molecule has 1 atom stereocenters. The van der Waals surface area contributed by atoms with Gasteiger partial charge in [0.05, 0.1) is 13.2 Å². The fraction of sp³-hybridized carbons (Fsp3) is 0.318. The van der Waals surface area contributed by atoms with Crippen LogP contribution < -0.4 is 10.1 Å². The summed E-state index contributed by atoms with van der Waals surface area (Å²) in [4.78, 5) is 39.7. The number of urea groups is 1. The molecule has 144 valence electrons. The van der Waals surface area contributed by atoms with Crippen molar-refractivity contribution in [3.63, 3.8) is 0 Å². The van der Waals surface area contributed by atoms with Crippen LogP contribution in [0, 0.1) is 0 Å². The van der Waals surface area contributed by atoms with E-state index in [4.69, 9.17) is 4.74 Å². The summed E-state index contributed by atoms with van der Waals surface area (Å²) in [5.41, 5.74) is 1.09. The molecule has 2 aliphatic heterocycles. The lowest BCUT2D eigenvalue weighted by molar-refractivity contribution is -0.131. The predicted octanol–water partition coefficient (Wildman–Crippen LogP) is 3.05. The summed E-state index contributed by atoms with van der Waals surface area (Å²) in [5, 5.41) is 2.85. The molecule has 2 aliphatic rings. The Bertz CT molecular complexity index is 941. The van der Waals surface area contributed by atoms with E-state index in [1.54, 1.807) is 18.2 Å². The average Bonchev–Trinajstić information content (AvgIpc) is 3.27. The van der Waals surface area contributed by atoms with Crippen molar-refractivity contribution in [1.82, 2.24) is 10.2 Å². The smallest absolute Gasteiger partial charge is 0.325 e. The number of hydrogen-bond acceptors (Lipinski definition) is 4. The van der Waals surface area contributed by atoms with Gasteiger partial charge in [0.2, 0.25) is 0 Å². The number of nitrogens with zero attached hydrogens (tertiary/aromatic N) is 1. The topological polar surface area (TPSA) is 75.7 Å². The highest BCUT2D eigenvalue weighted by atomic mass is 16.5. The monoisotopic (exact) mass is 378 g/mol. The van der Waals surface area contributed by atoms with Gasteiger partial charge in [0.1, 0.15) is 11.3 Å². The number of ether oxygens (including phenoxy) is 1. The molecule has 6 heteroatoms. The maximum absolute atomic E-state index is 13.3. The third-order valence-corrected chi connectivity index (χ3v) is 5.38. The van der Waals surface area contributed by atoms with E-state index in [1.165, 1.54) is 0 Å². The van der Waals surface area contributed by atoms with Gasteiger partial charge in [-0.3, -0.25) is 14.5 Å². The van der Waals surface area contributed by atoms with Crippen molar-refractivity contribution in [2.24, 2.45) is 0 Å². The zero-order valence-electron chi connectivity index (χ0n) is 15.7. The second-order valence-corrected chi connectivity index (χ2v) is 7.19. The van der Waals surface area contributed by atoms with Gasteiger partial charge < -0.3 is 10.1 Å². The highest BCUT2D eigenvalue weighted by Gasteiger charge is 2.52. The van der Waals surface area contributed by atoms with Gasteiger partial charge in [-0.1, -0.05) is 43.7 Å². The van der Waals surface area contributed by atoms with E-state index >= 15 is 0 Å². The van der Waals surface area contributed by atoms with E-state index in [0.717, 1.165) is 28.2 Å². The van der Waals surface area contributed by atoms with Gasteiger partial charge in [0.25, 0.3) is 5.91 Å². The fourth-order valence-corrected chi connectivity index (χ4v) is 3.97. The maximum atomic E-state index is 13.3. The first-order valence-electron chi connectivity index (χ1n) is 9.54. The van der Waals surface area contributed by atoms with Gasteiger partial charge in [0, 0.05) is 12.0 Å². The summed E-state index contributed by atoms with van der Waals surface area (Å²) in [7, 11) is 0. The molecule has 3 amide bonds. The number of ketones is 1. The zero-order chi connectivity index (χ0) is 19.7. The average molecular weight is 378 g/mol. The first-order chi connectivity index (χ1) is 13.5. The Morgan fingerprint density at radius 2 is 1.96 bits per heavy atom. The normalized spacial score (nSPS) is 20.7. The third kappa shape index (κ3) is 2.95. The molecule has 2 aromatic rings. The van der Waals surface area contributed by atoms with Crippen molar-refractivity contribution in [3.05, 3.63) is 65.2 Å². The summed E-state index contributed by atoms with van der Waals surface area (Å²) in [5.74, 6) is 0.152. The van der Waals surface area contributed by atoms with Crippen LogP contribution in [-0.2, 0) is 16.8 Å². The largest absolute Gasteiger partial charge is 0.493 e. The molecule has 2 heterocycles. The third-order valence-electron chi connectivity index (χ3n) is 5.38. The summed E-state index contributed by atoms with van der Waals surface area (Å²) in [6.07, 6.45) is 1.95. The fourth-order valence-electron chi connectivity index (χ4n) is 3.97. The summed E-state index contributed by atoms with van der Waals surface area (Å²) in [6.45, 7) is 2.30. The van der Waals surface area contributed by atoms with Crippen LogP contribution in [0.25, 0.3) is 0 Å². The Labute approximate surface area is 163 Å². The number of fused-ring (bicyclic) bond motifs is 1. The van der Waals surface area contributed by atoms with Crippen LogP contribution >= 0.6 is 0 Å². The number of amides is 3. The molecule has 0 aliphatic carbocycles. The van der Waals surface area contributed by atoms with Crippen molar-refractivity contribution < 1.29 is 19.1 Å². The molecule has 0 saturated carbocycles. The van der Waals surface area contributed by atoms with Crippen molar-refractivity contribution in [2.75, 3.05) is 13.2 Å². The number of benzene rings is 2. The van der Waals surface area contributed by atoms with Crippen molar-refractivity contribution in [1.29, 1.82) is 0 Å². The number of imide groups is 1. The minimum Gasteiger partial charge on any atom is -0.493 e. The number of carbonyl (C=O) groups is 3. The highest BCUT2D eigenvalue weighted by molar-refractivity contribution is 6.11. The van der Waals surface area contributed by atoms with Crippen LogP contribution in [0.3, 0.4) is 0 Å². The molecular weight excluding hydrogens is 356 g/mol. The SMILES string of the molecule is CCC[C@]1(c2ccccc2)NC(=O)N(CC(=O)c2ccc3c(c2)CCO3)C1=O. The lowest BCUT2D eigenvalue weighted by Gasteiger charge is -2.26. The molecule has 6 nitrogen and oxygen atoms in total. The summed E-state index contributed by atoms with van der Waals surface area (Å²) >= 11 is 0. The van der Waals surface area contributed by atoms with Gasteiger partial charge in [-0.25, -0.2) is 4.79 Å². The first-order valence-corrected chi connectivity index (χ1v) is 9.54. The Morgan fingerprint density at radius 3 is 2.71 bits per heavy atom. The molecule has 1 N–H and O–H groups in total. The van der Waals surface area contributed by atoms with E-state index in [0.29, 0.717) is 25.0 Å². The van der Waals surface area contributed by atoms with Crippen LogP contribution in [0.5, 0.6) is 5.75 Å². The standard InChI is InChI=1S/C22H22N2O4/c1-2-11-22(17-6-4-3-5-7-17)20(26)24(21(27)23-22)14-18(25)15-8-9-19-16(13-15)10-12-28-19/h3-9,13H,2,10-12,14H2,1H3,(H,23,27)/t22-/m1/s1. The van der Waals surface area contributed by atoms with E-state index in [9.17, 15) is 14.4 Å². The molecule has 4 rings (SSSR count). The van der Waals surface area contributed by atoms with Gasteiger partial charge in [-0.15, -0.1) is 0 Å². The second kappa shape index (κ2) is 7.11. The van der Waals surface area contributed by atoms with Gasteiger partial charge >= 0.3 is 6.03 Å². The van der Waals surface area contributed by atoms with E-state index in [-0.39, 0.29) is 18.2 Å². The first kappa shape index (κ1) is 18.2. The lowest BCUT2D eigenvalue weighted by atomic mass is 9.85. The van der Waals surface area contributed by atoms with Gasteiger partial charge in [-0.05, 0) is 35.7 Å². The Morgan fingerprint density at radius 1 is 1.18 bits per heavy atom. The van der Waals surface area contributed by atoms with Gasteiger partial charge in [0.15, 0.2) is 5.78 Å².